The summed E-state index contributed by atoms with van der Waals surface area (Å²) >= 11 is 6.22. The summed E-state index contributed by atoms with van der Waals surface area (Å²) in [6.45, 7) is 0. The maximum atomic E-state index is 13.0. The van der Waals surface area contributed by atoms with Crippen molar-refractivity contribution >= 4 is 44.6 Å². The van der Waals surface area contributed by atoms with Crippen molar-refractivity contribution in [2.75, 3.05) is 16.9 Å². The van der Waals surface area contributed by atoms with Crippen LogP contribution >= 0.6 is 11.6 Å². The minimum Gasteiger partial charge on any atom is -0.326 e. The second-order valence-corrected chi connectivity index (χ2v) is 9.22. The van der Waals surface area contributed by atoms with Crippen molar-refractivity contribution in [1.29, 1.82) is 0 Å². The molecule has 31 heavy (non-hydrogen) atoms. The zero-order chi connectivity index (χ0) is 22.6. The molecule has 0 aliphatic heterocycles. The minimum atomic E-state index is -3.45. The Bertz CT molecular complexity index is 1240. The average Bonchev–Trinajstić information content (AvgIpc) is 2.71. The number of amides is 2. The Labute approximate surface area is 184 Å². The van der Waals surface area contributed by atoms with Gasteiger partial charge in [-0.25, -0.2) is 12.8 Å². The molecule has 6 nitrogen and oxygen atoms in total. The number of anilines is 2. The highest BCUT2D eigenvalue weighted by Crippen LogP contribution is 2.26. The van der Waals surface area contributed by atoms with Gasteiger partial charge in [0.1, 0.15) is 5.82 Å². The van der Waals surface area contributed by atoms with E-state index in [0.29, 0.717) is 16.9 Å². The van der Waals surface area contributed by atoms with Gasteiger partial charge < -0.3 is 10.6 Å². The molecule has 2 amide bonds. The quantitative estimate of drug-likeness (QED) is 0.573. The summed E-state index contributed by atoms with van der Waals surface area (Å²) in [6.07, 6.45) is 1.12. The van der Waals surface area contributed by atoms with Gasteiger partial charge in [-0.2, -0.15) is 0 Å². The normalized spacial score (nSPS) is 11.1. The van der Waals surface area contributed by atoms with Gasteiger partial charge in [-0.3, -0.25) is 9.59 Å². The molecular weight excluding hydrogens is 443 g/mol. The van der Waals surface area contributed by atoms with Crippen LogP contribution in [-0.2, 0) is 21.1 Å². The molecule has 0 saturated heterocycles. The molecule has 0 aromatic heterocycles. The van der Waals surface area contributed by atoms with E-state index in [0.717, 1.165) is 6.26 Å². The van der Waals surface area contributed by atoms with E-state index in [2.05, 4.69) is 10.6 Å². The van der Waals surface area contributed by atoms with E-state index in [1.54, 1.807) is 6.07 Å². The lowest BCUT2D eigenvalue weighted by molar-refractivity contribution is -0.115. The van der Waals surface area contributed by atoms with Gasteiger partial charge >= 0.3 is 0 Å². The van der Waals surface area contributed by atoms with Gasteiger partial charge in [0.15, 0.2) is 9.84 Å². The first-order chi connectivity index (χ1) is 14.6. The second-order valence-electron chi connectivity index (χ2n) is 6.80. The van der Waals surface area contributed by atoms with Crippen molar-refractivity contribution in [3.05, 3.63) is 88.7 Å². The largest absolute Gasteiger partial charge is 0.326 e. The lowest BCUT2D eigenvalue weighted by Crippen LogP contribution is -2.15. The number of sulfone groups is 1. The summed E-state index contributed by atoms with van der Waals surface area (Å²) in [5.41, 5.74) is 1.54. The summed E-state index contributed by atoms with van der Waals surface area (Å²) in [5, 5.41) is 5.49. The molecule has 0 radical (unpaired) electrons. The van der Waals surface area contributed by atoms with Crippen molar-refractivity contribution in [2.24, 2.45) is 0 Å². The first kappa shape index (κ1) is 22.5. The fourth-order valence-corrected chi connectivity index (χ4v) is 3.64. The van der Waals surface area contributed by atoms with Gasteiger partial charge in [-0.15, -0.1) is 0 Å². The number of nitrogens with one attached hydrogen (secondary N) is 2. The van der Waals surface area contributed by atoms with Crippen LogP contribution in [0, 0.1) is 5.82 Å². The number of carbonyl (C=O) groups excluding carboxylic acids is 2. The fraction of sp³-hybridized carbons (Fsp3) is 0.0909. The van der Waals surface area contributed by atoms with Gasteiger partial charge in [0.05, 0.1) is 22.0 Å². The maximum Gasteiger partial charge on any atom is 0.255 e. The van der Waals surface area contributed by atoms with Crippen LogP contribution in [0.25, 0.3) is 0 Å². The third-order valence-corrected chi connectivity index (χ3v) is 5.73. The lowest BCUT2D eigenvalue weighted by atomic mass is 10.1. The summed E-state index contributed by atoms with van der Waals surface area (Å²) in [7, 11) is -3.45. The van der Waals surface area contributed by atoms with E-state index < -0.39 is 15.7 Å². The molecule has 0 aliphatic carbocycles. The summed E-state index contributed by atoms with van der Waals surface area (Å²) in [6, 6.07) is 15.8. The van der Waals surface area contributed by atoms with Crippen LogP contribution in [-0.4, -0.2) is 26.5 Å². The van der Waals surface area contributed by atoms with E-state index in [1.165, 1.54) is 60.7 Å². The van der Waals surface area contributed by atoms with Crippen LogP contribution in [0.3, 0.4) is 0 Å². The fourth-order valence-electron chi connectivity index (χ4n) is 2.75. The summed E-state index contributed by atoms with van der Waals surface area (Å²) < 4.78 is 36.3. The molecule has 0 saturated carbocycles. The molecule has 0 atom stereocenters. The van der Waals surface area contributed by atoms with E-state index in [1.807, 2.05) is 0 Å². The molecule has 3 aromatic carbocycles. The summed E-state index contributed by atoms with van der Waals surface area (Å²) in [4.78, 5) is 24.7. The topological polar surface area (TPSA) is 92.3 Å². The van der Waals surface area contributed by atoms with E-state index in [4.69, 9.17) is 11.6 Å². The third-order valence-electron chi connectivity index (χ3n) is 4.30. The Hall–Kier alpha value is -3.23. The monoisotopic (exact) mass is 460 g/mol. The number of carbonyl (C=O) groups is 2. The van der Waals surface area contributed by atoms with Crippen LogP contribution in [0.2, 0.25) is 5.02 Å². The minimum absolute atomic E-state index is 0.0328. The van der Waals surface area contributed by atoms with Gasteiger partial charge in [-0.1, -0.05) is 29.8 Å². The van der Waals surface area contributed by atoms with Crippen molar-refractivity contribution in [3.8, 4) is 0 Å². The highest BCUT2D eigenvalue weighted by molar-refractivity contribution is 7.90. The maximum absolute atomic E-state index is 13.0. The van der Waals surface area contributed by atoms with Crippen LogP contribution in [0.5, 0.6) is 0 Å². The number of halogens is 2. The molecule has 0 heterocycles. The van der Waals surface area contributed by atoms with Gasteiger partial charge in [0.2, 0.25) is 5.91 Å². The Kier molecular flexibility index (Phi) is 6.72. The first-order valence-corrected chi connectivity index (χ1v) is 11.3. The predicted octanol–water partition coefficient (Wildman–Crippen LogP) is 4.32. The molecule has 0 unspecified atom stereocenters. The SMILES string of the molecule is CS(=O)(=O)c1cccc(C(=O)Nc2ccc(NC(=O)Cc3ccc(F)cc3)cc2Cl)c1. The molecule has 160 valence electrons. The van der Waals surface area contributed by atoms with E-state index >= 15 is 0 Å². The molecule has 0 aliphatic rings. The Morgan fingerprint density at radius 3 is 2.32 bits per heavy atom. The van der Waals surface area contributed by atoms with E-state index in [9.17, 15) is 22.4 Å². The smallest absolute Gasteiger partial charge is 0.255 e. The molecule has 0 spiro atoms. The Morgan fingerprint density at radius 2 is 1.68 bits per heavy atom. The highest BCUT2D eigenvalue weighted by atomic mass is 35.5. The van der Waals surface area contributed by atoms with Crippen molar-refractivity contribution in [3.63, 3.8) is 0 Å². The zero-order valence-electron chi connectivity index (χ0n) is 16.4. The number of hydrogen-bond acceptors (Lipinski definition) is 4. The highest BCUT2D eigenvalue weighted by Gasteiger charge is 2.14. The number of benzene rings is 3. The van der Waals surface area contributed by atoms with Gasteiger partial charge in [0, 0.05) is 17.5 Å². The third kappa shape index (κ3) is 6.13. The number of rotatable bonds is 6. The lowest BCUT2D eigenvalue weighted by Gasteiger charge is -2.11. The average molecular weight is 461 g/mol. The van der Waals surface area contributed by atoms with Crippen molar-refractivity contribution < 1.29 is 22.4 Å². The van der Waals surface area contributed by atoms with Crippen molar-refractivity contribution in [1.82, 2.24) is 0 Å². The predicted molar refractivity (Wildman–Crippen MR) is 118 cm³/mol. The van der Waals surface area contributed by atoms with Crippen LogP contribution in [0.15, 0.2) is 71.6 Å². The van der Waals surface area contributed by atoms with Crippen molar-refractivity contribution in [2.45, 2.75) is 11.3 Å². The molecule has 0 fully saturated rings. The molecule has 9 heteroatoms. The Balaban J connectivity index is 1.67. The zero-order valence-corrected chi connectivity index (χ0v) is 17.9. The summed E-state index contributed by atoms with van der Waals surface area (Å²) in [5.74, 6) is -1.21. The first-order valence-electron chi connectivity index (χ1n) is 9.07. The van der Waals surface area contributed by atoms with Crippen LogP contribution in [0.4, 0.5) is 15.8 Å². The molecule has 3 rings (SSSR count). The van der Waals surface area contributed by atoms with Gasteiger partial charge in [-0.05, 0) is 54.1 Å². The Morgan fingerprint density at radius 1 is 0.968 bits per heavy atom. The second kappa shape index (κ2) is 9.28. The number of hydrogen-bond donors (Lipinski definition) is 2. The molecular formula is C22H18ClFN2O4S. The standard InChI is InChI=1S/C22H18ClFN2O4S/c1-31(29,30)18-4-2-3-15(12-18)22(28)26-20-10-9-17(13-19(20)23)25-21(27)11-14-5-7-16(24)8-6-14/h2-10,12-13H,11H2,1H3,(H,25,27)(H,26,28). The molecule has 3 aromatic rings. The van der Waals surface area contributed by atoms with E-state index in [-0.39, 0.29) is 33.6 Å². The van der Waals surface area contributed by atoms with Gasteiger partial charge in [0.25, 0.3) is 5.91 Å². The van der Waals surface area contributed by atoms with Crippen LogP contribution in [0.1, 0.15) is 15.9 Å². The van der Waals surface area contributed by atoms with Crippen LogP contribution < -0.4 is 10.6 Å². The molecule has 2 N–H and O–H groups in total. The molecule has 0 bridgehead atoms.